The van der Waals surface area contributed by atoms with Crippen LogP contribution in [0.4, 0.5) is 5.69 Å². The number of phenols is 1. The molecule has 0 amide bonds. The highest BCUT2D eigenvalue weighted by molar-refractivity contribution is 5.54. The van der Waals surface area contributed by atoms with Crippen molar-refractivity contribution in [2.45, 2.75) is 32.4 Å². The van der Waals surface area contributed by atoms with Gasteiger partial charge in [-0.1, -0.05) is 13.0 Å². The summed E-state index contributed by atoms with van der Waals surface area (Å²) in [5.41, 5.74) is 1.90. The SMILES string of the molecule is CCNC(C)c1ccc(N2CCC(O)C2)cc1O. The minimum Gasteiger partial charge on any atom is -0.508 e. The zero-order valence-electron chi connectivity index (χ0n) is 11.1. The van der Waals surface area contributed by atoms with Crippen LogP contribution in [-0.2, 0) is 0 Å². The summed E-state index contributed by atoms with van der Waals surface area (Å²) in [6.07, 6.45) is 0.559. The van der Waals surface area contributed by atoms with E-state index in [-0.39, 0.29) is 12.1 Å². The maximum absolute atomic E-state index is 10.1. The molecule has 4 heteroatoms. The van der Waals surface area contributed by atoms with Gasteiger partial charge in [0.1, 0.15) is 5.75 Å². The molecule has 2 unspecified atom stereocenters. The standard InChI is InChI=1S/C14H22N2O2/c1-3-15-10(2)13-5-4-11(8-14(13)18)16-7-6-12(17)9-16/h4-5,8,10,12,15,17-18H,3,6-7,9H2,1-2H3. The Morgan fingerprint density at radius 1 is 1.50 bits per heavy atom. The number of nitrogens with zero attached hydrogens (tertiary/aromatic N) is 1. The molecular formula is C14H22N2O2. The van der Waals surface area contributed by atoms with E-state index in [0.717, 1.165) is 30.8 Å². The minimum atomic E-state index is -0.243. The van der Waals surface area contributed by atoms with Crippen LogP contribution in [0, 0.1) is 0 Å². The minimum absolute atomic E-state index is 0.146. The van der Waals surface area contributed by atoms with Gasteiger partial charge in [0.05, 0.1) is 6.10 Å². The molecule has 0 aliphatic carbocycles. The maximum Gasteiger partial charge on any atom is 0.122 e. The van der Waals surface area contributed by atoms with E-state index in [1.54, 1.807) is 6.07 Å². The van der Waals surface area contributed by atoms with Gasteiger partial charge in [-0.25, -0.2) is 0 Å². The first kappa shape index (κ1) is 13.2. The fraction of sp³-hybridized carbons (Fsp3) is 0.571. The number of aromatic hydroxyl groups is 1. The third-order valence-corrected chi connectivity index (χ3v) is 3.52. The average molecular weight is 250 g/mol. The number of anilines is 1. The first-order valence-corrected chi connectivity index (χ1v) is 6.61. The predicted molar refractivity (Wildman–Crippen MR) is 73.0 cm³/mol. The first-order valence-electron chi connectivity index (χ1n) is 6.61. The molecule has 18 heavy (non-hydrogen) atoms. The smallest absolute Gasteiger partial charge is 0.122 e. The van der Waals surface area contributed by atoms with Gasteiger partial charge in [-0.15, -0.1) is 0 Å². The van der Waals surface area contributed by atoms with E-state index in [0.29, 0.717) is 12.3 Å². The Balaban J connectivity index is 2.14. The van der Waals surface area contributed by atoms with E-state index in [9.17, 15) is 10.2 Å². The van der Waals surface area contributed by atoms with Crippen LogP contribution in [0.2, 0.25) is 0 Å². The fourth-order valence-electron chi connectivity index (χ4n) is 2.49. The third kappa shape index (κ3) is 2.76. The van der Waals surface area contributed by atoms with Gasteiger partial charge in [-0.05, 0) is 26.0 Å². The van der Waals surface area contributed by atoms with Gasteiger partial charge in [0.25, 0.3) is 0 Å². The van der Waals surface area contributed by atoms with Crippen LogP contribution < -0.4 is 10.2 Å². The van der Waals surface area contributed by atoms with Gasteiger partial charge in [0.15, 0.2) is 0 Å². The summed E-state index contributed by atoms with van der Waals surface area (Å²) in [4.78, 5) is 2.10. The third-order valence-electron chi connectivity index (χ3n) is 3.52. The Hall–Kier alpha value is -1.26. The topological polar surface area (TPSA) is 55.7 Å². The molecule has 2 rings (SSSR count). The Kier molecular flexibility index (Phi) is 4.09. The van der Waals surface area contributed by atoms with Crippen molar-refractivity contribution in [1.29, 1.82) is 0 Å². The van der Waals surface area contributed by atoms with Crippen molar-refractivity contribution in [3.8, 4) is 5.75 Å². The van der Waals surface area contributed by atoms with Crippen LogP contribution >= 0.6 is 0 Å². The van der Waals surface area contributed by atoms with E-state index < -0.39 is 0 Å². The van der Waals surface area contributed by atoms with E-state index in [1.807, 2.05) is 26.0 Å². The van der Waals surface area contributed by atoms with Gasteiger partial charge >= 0.3 is 0 Å². The van der Waals surface area contributed by atoms with E-state index in [4.69, 9.17) is 0 Å². The van der Waals surface area contributed by atoms with Crippen molar-refractivity contribution < 1.29 is 10.2 Å². The summed E-state index contributed by atoms with van der Waals surface area (Å²) in [6, 6.07) is 5.92. The Labute approximate surface area is 108 Å². The number of benzene rings is 1. The van der Waals surface area contributed by atoms with Crippen LogP contribution in [0.25, 0.3) is 0 Å². The molecule has 1 aromatic carbocycles. The molecule has 4 nitrogen and oxygen atoms in total. The normalized spacial score (nSPS) is 21.3. The average Bonchev–Trinajstić information content (AvgIpc) is 2.76. The van der Waals surface area contributed by atoms with Crippen LogP contribution in [0.1, 0.15) is 31.9 Å². The zero-order chi connectivity index (χ0) is 13.1. The van der Waals surface area contributed by atoms with Crippen molar-refractivity contribution in [1.82, 2.24) is 5.32 Å². The number of hydrogen-bond acceptors (Lipinski definition) is 4. The largest absolute Gasteiger partial charge is 0.508 e. The number of rotatable bonds is 4. The molecule has 0 spiro atoms. The lowest BCUT2D eigenvalue weighted by atomic mass is 10.1. The molecule has 1 aromatic rings. The van der Waals surface area contributed by atoms with Crippen LogP contribution in [0.3, 0.4) is 0 Å². The Morgan fingerprint density at radius 2 is 2.28 bits per heavy atom. The van der Waals surface area contributed by atoms with Crippen molar-refractivity contribution in [2.24, 2.45) is 0 Å². The fourth-order valence-corrected chi connectivity index (χ4v) is 2.49. The summed E-state index contributed by atoms with van der Waals surface area (Å²) in [6.45, 7) is 6.47. The molecule has 0 bridgehead atoms. The lowest BCUT2D eigenvalue weighted by molar-refractivity contribution is 0.198. The number of hydrogen-bond donors (Lipinski definition) is 3. The van der Waals surface area contributed by atoms with Crippen LogP contribution in [0.5, 0.6) is 5.75 Å². The zero-order valence-corrected chi connectivity index (χ0v) is 11.1. The highest BCUT2D eigenvalue weighted by Gasteiger charge is 2.21. The van der Waals surface area contributed by atoms with Gasteiger partial charge < -0.3 is 20.4 Å². The second-order valence-corrected chi connectivity index (χ2v) is 4.91. The van der Waals surface area contributed by atoms with Gasteiger partial charge in [0.2, 0.25) is 0 Å². The number of aliphatic hydroxyl groups excluding tert-OH is 1. The van der Waals surface area contributed by atoms with Crippen molar-refractivity contribution in [3.05, 3.63) is 23.8 Å². The van der Waals surface area contributed by atoms with Gasteiger partial charge in [-0.2, -0.15) is 0 Å². The number of phenolic OH excluding ortho intramolecular Hbond substituents is 1. The summed E-state index contributed by atoms with van der Waals surface area (Å²) in [5, 5.41) is 22.9. The Bertz CT molecular complexity index is 409. The van der Waals surface area contributed by atoms with Crippen molar-refractivity contribution in [2.75, 3.05) is 24.5 Å². The lowest BCUT2D eigenvalue weighted by Gasteiger charge is -2.20. The summed E-state index contributed by atoms with van der Waals surface area (Å²) in [7, 11) is 0. The van der Waals surface area contributed by atoms with Gasteiger partial charge in [0, 0.05) is 36.4 Å². The van der Waals surface area contributed by atoms with Crippen molar-refractivity contribution in [3.63, 3.8) is 0 Å². The number of aliphatic hydroxyl groups is 1. The molecule has 1 fully saturated rings. The molecule has 3 N–H and O–H groups in total. The highest BCUT2D eigenvalue weighted by atomic mass is 16.3. The van der Waals surface area contributed by atoms with Gasteiger partial charge in [-0.3, -0.25) is 0 Å². The van der Waals surface area contributed by atoms with E-state index in [2.05, 4.69) is 10.2 Å². The van der Waals surface area contributed by atoms with Crippen LogP contribution in [-0.4, -0.2) is 36.0 Å². The second-order valence-electron chi connectivity index (χ2n) is 4.91. The molecular weight excluding hydrogens is 228 g/mol. The molecule has 1 aliphatic rings. The first-order chi connectivity index (χ1) is 8.61. The number of β-amino-alcohol motifs (C(OH)–C–C–N with tert-alkyl or cyclic N) is 1. The molecule has 100 valence electrons. The monoisotopic (exact) mass is 250 g/mol. The molecule has 0 saturated carbocycles. The summed E-state index contributed by atoms with van der Waals surface area (Å²) in [5.74, 6) is 0.322. The van der Waals surface area contributed by atoms with Crippen LogP contribution in [0.15, 0.2) is 18.2 Å². The Morgan fingerprint density at radius 3 is 2.83 bits per heavy atom. The predicted octanol–water partition coefficient (Wildman–Crippen LogP) is 1.63. The van der Waals surface area contributed by atoms with Crippen molar-refractivity contribution >= 4 is 5.69 Å². The second kappa shape index (κ2) is 5.59. The molecule has 0 aromatic heterocycles. The van der Waals surface area contributed by atoms with E-state index in [1.165, 1.54) is 0 Å². The highest BCUT2D eigenvalue weighted by Crippen LogP contribution is 2.30. The molecule has 1 aliphatic heterocycles. The molecule has 1 heterocycles. The van der Waals surface area contributed by atoms with E-state index >= 15 is 0 Å². The quantitative estimate of drug-likeness (QED) is 0.760. The number of nitrogens with one attached hydrogen (secondary N) is 1. The maximum atomic E-state index is 10.1. The lowest BCUT2D eigenvalue weighted by Crippen LogP contribution is -2.21. The summed E-state index contributed by atoms with van der Waals surface area (Å²) >= 11 is 0. The summed E-state index contributed by atoms with van der Waals surface area (Å²) < 4.78 is 0. The molecule has 1 saturated heterocycles. The molecule has 0 radical (unpaired) electrons. The molecule has 2 atom stereocenters.